The Kier molecular flexibility index (Phi) is 3.03. The van der Waals surface area contributed by atoms with E-state index in [-0.39, 0.29) is 5.28 Å². The van der Waals surface area contributed by atoms with Crippen molar-refractivity contribution in [3.05, 3.63) is 22.7 Å². The van der Waals surface area contributed by atoms with Crippen LogP contribution in [0.1, 0.15) is 11.3 Å². The van der Waals surface area contributed by atoms with Gasteiger partial charge in [-0.3, -0.25) is 0 Å². The lowest BCUT2D eigenvalue weighted by atomic mass is 10.2. The van der Waals surface area contributed by atoms with Crippen LogP contribution in [0.4, 0.5) is 0 Å². The molecule has 1 rings (SSSR count). The minimum atomic E-state index is 0.241. The first-order valence-corrected chi connectivity index (χ1v) is 3.80. The summed E-state index contributed by atoms with van der Waals surface area (Å²) in [7, 11) is 0. The molecule has 3 nitrogen and oxygen atoms in total. The van der Waals surface area contributed by atoms with Crippen molar-refractivity contribution in [3.63, 3.8) is 0 Å². The van der Waals surface area contributed by atoms with Gasteiger partial charge in [-0.1, -0.05) is 11.8 Å². The maximum Gasteiger partial charge on any atom is 0.222 e. The molecule has 1 aromatic heterocycles. The Labute approximate surface area is 76.0 Å². The molecule has 62 valence electrons. The number of hydrogen-bond acceptors (Lipinski definition) is 3. The van der Waals surface area contributed by atoms with Gasteiger partial charge in [-0.15, -0.1) is 0 Å². The van der Waals surface area contributed by atoms with Crippen molar-refractivity contribution in [3.8, 4) is 11.8 Å². The second-order valence-corrected chi connectivity index (χ2v) is 2.48. The third-order valence-corrected chi connectivity index (χ3v) is 1.46. The summed E-state index contributed by atoms with van der Waals surface area (Å²) in [5, 5.41) is 0.241. The average molecular weight is 182 g/mol. The van der Waals surface area contributed by atoms with Gasteiger partial charge in [-0.05, 0) is 18.5 Å². The summed E-state index contributed by atoms with van der Waals surface area (Å²) in [6.07, 6.45) is 1.59. The van der Waals surface area contributed by atoms with Crippen LogP contribution >= 0.6 is 11.6 Å². The van der Waals surface area contributed by atoms with Gasteiger partial charge in [-0.2, -0.15) is 0 Å². The molecule has 0 atom stereocenters. The largest absolute Gasteiger partial charge is 0.320 e. The molecule has 0 saturated carbocycles. The molecule has 12 heavy (non-hydrogen) atoms. The predicted octanol–water partition coefficient (Wildman–Crippen LogP) is 0.749. The lowest BCUT2D eigenvalue weighted by Gasteiger charge is -1.95. The fourth-order valence-corrected chi connectivity index (χ4v) is 0.883. The van der Waals surface area contributed by atoms with Gasteiger partial charge in [0.2, 0.25) is 5.28 Å². The number of rotatable bonds is 0. The topological polar surface area (TPSA) is 51.8 Å². The fourth-order valence-electron chi connectivity index (χ4n) is 0.708. The van der Waals surface area contributed by atoms with Gasteiger partial charge in [0.1, 0.15) is 0 Å². The first-order valence-electron chi connectivity index (χ1n) is 3.42. The van der Waals surface area contributed by atoms with E-state index in [0.29, 0.717) is 6.54 Å². The fraction of sp³-hybridized carbons (Fsp3) is 0.250. The smallest absolute Gasteiger partial charge is 0.222 e. The van der Waals surface area contributed by atoms with E-state index >= 15 is 0 Å². The third kappa shape index (κ3) is 2.19. The minimum absolute atomic E-state index is 0.241. The number of nitrogens with two attached hydrogens (primary N) is 1. The molecule has 0 aliphatic carbocycles. The van der Waals surface area contributed by atoms with Gasteiger partial charge in [0.25, 0.3) is 0 Å². The van der Waals surface area contributed by atoms with Crippen LogP contribution in [-0.2, 0) is 0 Å². The van der Waals surface area contributed by atoms with E-state index in [1.54, 1.807) is 6.20 Å². The Morgan fingerprint density at radius 3 is 3.00 bits per heavy atom. The number of aryl methyl sites for hydroxylation is 1. The molecule has 0 aromatic carbocycles. The molecule has 0 radical (unpaired) electrons. The Hall–Kier alpha value is -1.11. The molecule has 0 bridgehead atoms. The Balaban J connectivity index is 3.01. The van der Waals surface area contributed by atoms with Crippen molar-refractivity contribution in [2.75, 3.05) is 6.54 Å². The quantitative estimate of drug-likeness (QED) is 0.475. The maximum atomic E-state index is 5.56. The van der Waals surface area contributed by atoms with Gasteiger partial charge in [0.15, 0.2) is 0 Å². The predicted molar refractivity (Wildman–Crippen MR) is 47.7 cm³/mol. The second kappa shape index (κ2) is 4.05. The average Bonchev–Trinajstić information content (AvgIpc) is 2.03. The zero-order valence-electron chi connectivity index (χ0n) is 6.63. The minimum Gasteiger partial charge on any atom is -0.320 e. The summed E-state index contributed by atoms with van der Waals surface area (Å²) >= 11 is 5.56. The Morgan fingerprint density at radius 1 is 1.67 bits per heavy atom. The standard InChI is InChI=1S/C8H8ClN3/c1-6-7(3-2-4-10)5-11-8(9)12-6/h5H,4,10H2,1H3. The summed E-state index contributed by atoms with van der Waals surface area (Å²) in [5.74, 6) is 5.56. The molecule has 0 aliphatic rings. The number of hydrogen-bond donors (Lipinski definition) is 1. The van der Waals surface area contributed by atoms with E-state index in [0.717, 1.165) is 11.3 Å². The van der Waals surface area contributed by atoms with E-state index in [1.165, 1.54) is 0 Å². The van der Waals surface area contributed by atoms with Crippen molar-refractivity contribution in [1.82, 2.24) is 9.97 Å². The van der Waals surface area contributed by atoms with Crippen molar-refractivity contribution in [2.24, 2.45) is 5.73 Å². The molecule has 4 heteroatoms. The lowest BCUT2D eigenvalue weighted by molar-refractivity contribution is 1.09. The van der Waals surface area contributed by atoms with Gasteiger partial charge < -0.3 is 5.73 Å². The van der Waals surface area contributed by atoms with Crippen LogP contribution < -0.4 is 5.73 Å². The van der Waals surface area contributed by atoms with Gasteiger partial charge in [0.05, 0.1) is 17.8 Å². The molecule has 0 amide bonds. The van der Waals surface area contributed by atoms with Gasteiger partial charge in [0, 0.05) is 6.20 Å². The van der Waals surface area contributed by atoms with Crippen LogP contribution in [0.5, 0.6) is 0 Å². The molecule has 0 spiro atoms. The van der Waals surface area contributed by atoms with Crippen molar-refractivity contribution >= 4 is 11.6 Å². The highest BCUT2D eigenvalue weighted by Gasteiger charge is 1.97. The zero-order chi connectivity index (χ0) is 8.97. The summed E-state index contributed by atoms with van der Waals surface area (Å²) < 4.78 is 0. The Morgan fingerprint density at radius 2 is 2.42 bits per heavy atom. The van der Waals surface area contributed by atoms with Crippen LogP contribution in [-0.4, -0.2) is 16.5 Å². The van der Waals surface area contributed by atoms with Crippen LogP contribution in [0.2, 0.25) is 5.28 Å². The number of nitrogens with zero attached hydrogens (tertiary/aromatic N) is 2. The van der Waals surface area contributed by atoms with Gasteiger partial charge in [-0.25, -0.2) is 9.97 Å². The number of aromatic nitrogens is 2. The summed E-state index contributed by atoms with van der Waals surface area (Å²) in [4.78, 5) is 7.74. The summed E-state index contributed by atoms with van der Waals surface area (Å²) in [5.41, 5.74) is 6.76. The van der Waals surface area contributed by atoms with Crippen LogP contribution in [0.3, 0.4) is 0 Å². The number of halogens is 1. The van der Waals surface area contributed by atoms with Crippen LogP contribution in [0, 0.1) is 18.8 Å². The first-order chi connectivity index (χ1) is 5.74. The molecular formula is C8H8ClN3. The van der Waals surface area contributed by atoms with E-state index in [2.05, 4.69) is 21.8 Å². The Bertz CT molecular complexity index is 338. The van der Waals surface area contributed by atoms with Crippen molar-refractivity contribution in [1.29, 1.82) is 0 Å². The lowest BCUT2D eigenvalue weighted by Crippen LogP contribution is -1.95. The molecule has 0 unspecified atom stereocenters. The highest BCUT2D eigenvalue weighted by atomic mass is 35.5. The second-order valence-electron chi connectivity index (χ2n) is 2.14. The highest BCUT2D eigenvalue weighted by molar-refractivity contribution is 6.28. The molecule has 0 fully saturated rings. The van der Waals surface area contributed by atoms with Crippen LogP contribution in [0.15, 0.2) is 6.20 Å². The molecule has 2 N–H and O–H groups in total. The summed E-state index contributed by atoms with van der Waals surface area (Å²) in [6.45, 7) is 2.16. The molecule has 0 saturated heterocycles. The van der Waals surface area contributed by atoms with E-state index in [1.807, 2.05) is 6.92 Å². The molecular weight excluding hydrogens is 174 g/mol. The maximum absolute atomic E-state index is 5.56. The molecule has 1 aromatic rings. The normalized spacial score (nSPS) is 8.92. The SMILES string of the molecule is Cc1nc(Cl)ncc1C#CCN. The molecule has 1 heterocycles. The van der Waals surface area contributed by atoms with E-state index in [9.17, 15) is 0 Å². The van der Waals surface area contributed by atoms with E-state index < -0.39 is 0 Å². The van der Waals surface area contributed by atoms with Crippen LogP contribution in [0.25, 0.3) is 0 Å². The van der Waals surface area contributed by atoms with Crippen molar-refractivity contribution in [2.45, 2.75) is 6.92 Å². The molecule has 0 aliphatic heterocycles. The zero-order valence-corrected chi connectivity index (χ0v) is 7.39. The van der Waals surface area contributed by atoms with Crippen molar-refractivity contribution < 1.29 is 0 Å². The van der Waals surface area contributed by atoms with Gasteiger partial charge >= 0.3 is 0 Å². The monoisotopic (exact) mass is 181 g/mol. The first kappa shape index (κ1) is 8.98. The highest BCUT2D eigenvalue weighted by Crippen LogP contribution is 2.05. The third-order valence-electron chi connectivity index (χ3n) is 1.28. The van der Waals surface area contributed by atoms with E-state index in [4.69, 9.17) is 17.3 Å². The summed E-state index contributed by atoms with van der Waals surface area (Å²) in [6, 6.07) is 0.